The van der Waals surface area contributed by atoms with Gasteiger partial charge >= 0.3 is 0 Å². The van der Waals surface area contributed by atoms with Crippen LogP contribution in [0.4, 0.5) is 5.69 Å². The average molecular weight is 277 g/mol. The molecule has 5 nitrogen and oxygen atoms in total. The summed E-state index contributed by atoms with van der Waals surface area (Å²) >= 11 is 0. The highest BCUT2D eigenvalue weighted by Gasteiger charge is 2.18. The summed E-state index contributed by atoms with van der Waals surface area (Å²) in [6.07, 6.45) is 7.49. The van der Waals surface area contributed by atoms with Crippen molar-refractivity contribution in [2.75, 3.05) is 11.9 Å². The number of nitrogens with one attached hydrogen (secondary N) is 2. The summed E-state index contributed by atoms with van der Waals surface area (Å²) in [5.41, 5.74) is 3.25. The molecule has 1 saturated carbocycles. The molecule has 3 aromatic rings. The van der Waals surface area contributed by atoms with E-state index in [4.69, 9.17) is 5.26 Å². The molecule has 5 heteroatoms. The Morgan fingerprint density at radius 3 is 3.05 bits per heavy atom. The Labute approximate surface area is 122 Å². The summed E-state index contributed by atoms with van der Waals surface area (Å²) in [5.74, 6) is 0.787. The molecule has 0 bridgehead atoms. The van der Waals surface area contributed by atoms with Crippen molar-refractivity contribution in [1.29, 1.82) is 5.26 Å². The predicted molar refractivity (Wildman–Crippen MR) is 81.9 cm³/mol. The number of nitriles is 1. The van der Waals surface area contributed by atoms with Crippen LogP contribution >= 0.6 is 0 Å². The molecule has 104 valence electrons. The average Bonchev–Trinajstić information content (AvgIpc) is 2.83. The molecule has 1 aliphatic carbocycles. The van der Waals surface area contributed by atoms with Crippen LogP contribution in [0.2, 0.25) is 0 Å². The highest BCUT2D eigenvalue weighted by atomic mass is 14.9. The topological polar surface area (TPSA) is 77.4 Å². The maximum Gasteiger partial charge on any atom is 0.141 e. The molecule has 0 unspecified atom stereocenters. The van der Waals surface area contributed by atoms with Gasteiger partial charge in [-0.05, 0) is 30.9 Å². The molecule has 1 aliphatic rings. The van der Waals surface area contributed by atoms with Crippen LogP contribution in [0, 0.1) is 17.2 Å². The van der Waals surface area contributed by atoms with Crippen LogP contribution < -0.4 is 5.32 Å². The number of aromatic nitrogens is 3. The van der Waals surface area contributed by atoms with Crippen molar-refractivity contribution < 1.29 is 0 Å². The van der Waals surface area contributed by atoms with Crippen LogP contribution in [0.15, 0.2) is 24.5 Å². The second kappa shape index (κ2) is 4.74. The summed E-state index contributed by atoms with van der Waals surface area (Å²) in [6, 6.07) is 5.92. The van der Waals surface area contributed by atoms with Gasteiger partial charge in [-0.2, -0.15) is 5.26 Å². The summed E-state index contributed by atoms with van der Waals surface area (Å²) in [5, 5.41) is 14.6. The molecule has 0 radical (unpaired) electrons. The van der Waals surface area contributed by atoms with E-state index in [1.165, 1.54) is 19.3 Å². The maximum absolute atomic E-state index is 9.04. The van der Waals surface area contributed by atoms with Gasteiger partial charge in [-0.3, -0.25) is 0 Å². The van der Waals surface area contributed by atoms with Crippen molar-refractivity contribution in [1.82, 2.24) is 15.0 Å². The Bertz CT molecular complexity index is 854. The Morgan fingerprint density at radius 1 is 1.38 bits per heavy atom. The standard InChI is InChI=1S/C16H15N5/c17-7-11-6-12-14(9-19-11)21-16-15(12)13(4-5-18-16)20-8-10-2-1-3-10/h4-6,9-10H,1-3,8H2,(H2,18,20,21). The minimum absolute atomic E-state index is 0.428. The summed E-state index contributed by atoms with van der Waals surface area (Å²) in [4.78, 5) is 11.8. The van der Waals surface area contributed by atoms with Gasteiger partial charge < -0.3 is 10.3 Å². The second-order valence-corrected chi connectivity index (χ2v) is 5.61. The Morgan fingerprint density at radius 2 is 2.29 bits per heavy atom. The van der Waals surface area contributed by atoms with Crippen LogP contribution in [0.1, 0.15) is 25.0 Å². The zero-order chi connectivity index (χ0) is 14.2. The van der Waals surface area contributed by atoms with Gasteiger partial charge in [0.1, 0.15) is 17.4 Å². The third-order valence-electron chi connectivity index (χ3n) is 4.30. The van der Waals surface area contributed by atoms with E-state index in [9.17, 15) is 0 Å². The number of H-pyrrole nitrogens is 1. The van der Waals surface area contributed by atoms with E-state index in [1.807, 2.05) is 12.1 Å². The minimum atomic E-state index is 0.428. The third kappa shape index (κ3) is 2.00. The first-order valence-corrected chi connectivity index (χ1v) is 7.25. The van der Waals surface area contributed by atoms with Gasteiger partial charge in [-0.1, -0.05) is 6.42 Å². The number of aromatic amines is 1. The fourth-order valence-corrected chi connectivity index (χ4v) is 2.88. The molecule has 0 spiro atoms. The lowest BCUT2D eigenvalue weighted by Crippen LogP contribution is -2.20. The largest absolute Gasteiger partial charge is 0.384 e. The highest BCUT2D eigenvalue weighted by Crippen LogP contribution is 2.32. The van der Waals surface area contributed by atoms with E-state index in [2.05, 4.69) is 26.3 Å². The minimum Gasteiger partial charge on any atom is -0.384 e. The number of pyridine rings is 2. The van der Waals surface area contributed by atoms with E-state index >= 15 is 0 Å². The smallest absolute Gasteiger partial charge is 0.141 e. The Balaban J connectivity index is 1.83. The van der Waals surface area contributed by atoms with Crippen molar-refractivity contribution in [3.8, 4) is 6.07 Å². The number of fused-ring (bicyclic) bond motifs is 3. The van der Waals surface area contributed by atoms with Gasteiger partial charge in [0.2, 0.25) is 0 Å². The molecule has 0 atom stereocenters. The summed E-state index contributed by atoms with van der Waals surface area (Å²) in [6.45, 7) is 1.00. The normalized spacial score (nSPS) is 15.0. The Hall–Kier alpha value is -2.61. The van der Waals surface area contributed by atoms with Gasteiger partial charge in [0.15, 0.2) is 0 Å². The number of rotatable bonds is 3. The van der Waals surface area contributed by atoms with Crippen molar-refractivity contribution in [3.63, 3.8) is 0 Å². The van der Waals surface area contributed by atoms with Crippen molar-refractivity contribution >= 4 is 27.6 Å². The van der Waals surface area contributed by atoms with E-state index in [0.29, 0.717) is 5.69 Å². The number of anilines is 1. The first-order valence-electron chi connectivity index (χ1n) is 7.25. The summed E-state index contributed by atoms with van der Waals surface area (Å²) in [7, 11) is 0. The molecule has 4 rings (SSSR count). The van der Waals surface area contributed by atoms with Crippen LogP contribution in [0.5, 0.6) is 0 Å². The van der Waals surface area contributed by atoms with Crippen molar-refractivity contribution in [3.05, 3.63) is 30.2 Å². The van der Waals surface area contributed by atoms with E-state index in [0.717, 1.165) is 40.1 Å². The molecular formula is C16H15N5. The lowest BCUT2D eigenvalue weighted by Gasteiger charge is -2.26. The SMILES string of the molecule is N#Cc1cc2c(cn1)[nH]c1nccc(NCC3CCC3)c12. The first kappa shape index (κ1) is 12.2. The van der Waals surface area contributed by atoms with Crippen LogP contribution in [-0.2, 0) is 0 Å². The van der Waals surface area contributed by atoms with E-state index in [1.54, 1.807) is 12.4 Å². The predicted octanol–water partition coefficient (Wildman–Crippen LogP) is 3.19. The fourth-order valence-electron chi connectivity index (χ4n) is 2.88. The van der Waals surface area contributed by atoms with Gasteiger partial charge in [-0.15, -0.1) is 0 Å². The van der Waals surface area contributed by atoms with Crippen molar-refractivity contribution in [2.45, 2.75) is 19.3 Å². The molecule has 0 amide bonds. The molecule has 0 aliphatic heterocycles. The molecule has 2 N–H and O–H groups in total. The van der Waals surface area contributed by atoms with Gasteiger partial charge in [0, 0.05) is 29.2 Å². The third-order valence-corrected chi connectivity index (χ3v) is 4.30. The first-order chi connectivity index (χ1) is 10.3. The summed E-state index contributed by atoms with van der Waals surface area (Å²) < 4.78 is 0. The van der Waals surface area contributed by atoms with Crippen LogP contribution in [0.3, 0.4) is 0 Å². The molecular weight excluding hydrogens is 262 g/mol. The number of hydrogen-bond donors (Lipinski definition) is 2. The highest BCUT2D eigenvalue weighted by molar-refractivity contribution is 6.11. The maximum atomic E-state index is 9.04. The van der Waals surface area contributed by atoms with Gasteiger partial charge in [0.25, 0.3) is 0 Å². The lowest BCUT2D eigenvalue weighted by atomic mass is 9.85. The molecule has 3 heterocycles. The number of hydrogen-bond acceptors (Lipinski definition) is 4. The Kier molecular flexibility index (Phi) is 2.74. The van der Waals surface area contributed by atoms with Gasteiger partial charge in [-0.25, -0.2) is 9.97 Å². The lowest BCUT2D eigenvalue weighted by molar-refractivity contribution is 0.333. The van der Waals surface area contributed by atoms with Crippen molar-refractivity contribution in [2.24, 2.45) is 5.92 Å². The fraction of sp³-hybridized carbons (Fsp3) is 0.312. The zero-order valence-corrected chi connectivity index (χ0v) is 11.6. The molecule has 0 saturated heterocycles. The van der Waals surface area contributed by atoms with E-state index in [-0.39, 0.29) is 0 Å². The molecule has 0 aromatic carbocycles. The van der Waals surface area contributed by atoms with E-state index < -0.39 is 0 Å². The van der Waals surface area contributed by atoms with Crippen LogP contribution in [0.25, 0.3) is 21.9 Å². The monoisotopic (exact) mass is 277 g/mol. The van der Waals surface area contributed by atoms with Crippen LogP contribution in [-0.4, -0.2) is 21.5 Å². The second-order valence-electron chi connectivity index (χ2n) is 5.61. The quantitative estimate of drug-likeness (QED) is 0.770. The molecule has 3 aromatic heterocycles. The zero-order valence-electron chi connectivity index (χ0n) is 11.6. The number of nitrogens with zero attached hydrogens (tertiary/aromatic N) is 3. The van der Waals surface area contributed by atoms with Gasteiger partial charge in [0.05, 0.1) is 11.7 Å². The molecule has 1 fully saturated rings. The molecule has 21 heavy (non-hydrogen) atoms.